The van der Waals surface area contributed by atoms with Crippen LogP contribution in [0.3, 0.4) is 0 Å². The van der Waals surface area contributed by atoms with Gasteiger partial charge in [-0.05, 0) is 40.0 Å². The number of ether oxygens (including phenoxy) is 2. The number of β-lactam (4-membered cyclic amide) rings is 1. The zero-order valence-electron chi connectivity index (χ0n) is 32.2. The van der Waals surface area contributed by atoms with E-state index in [0.29, 0.717) is 35.2 Å². The first-order valence-electron chi connectivity index (χ1n) is 19.1. The average Bonchev–Trinajstić information content (AvgIpc) is 3.95. The second kappa shape index (κ2) is 18.0. The monoisotopic (exact) mass is 862 g/mol. The molecule has 2 saturated heterocycles. The lowest BCUT2D eigenvalue weighted by Crippen LogP contribution is -2.71. The second-order valence-electron chi connectivity index (χ2n) is 14.0. The van der Waals surface area contributed by atoms with Crippen molar-refractivity contribution in [3.8, 4) is 5.75 Å². The van der Waals surface area contributed by atoms with Gasteiger partial charge in [0, 0.05) is 30.0 Å². The number of rotatable bonds is 15. The molecule has 0 spiro atoms. The van der Waals surface area contributed by atoms with Gasteiger partial charge in [0.15, 0.2) is 10.8 Å². The molecule has 3 N–H and O–H groups in total. The molecule has 0 radical (unpaired) electrons. The number of carbonyl (C=O) groups is 4. The van der Waals surface area contributed by atoms with Crippen LogP contribution in [0, 0.1) is 0 Å². The first kappa shape index (κ1) is 40.6. The predicted octanol–water partition coefficient (Wildman–Crippen LogP) is 5.80. The summed E-state index contributed by atoms with van der Waals surface area (Å²) >= 11 is 8.88. The van der Waals surface area contributed by atoms with E-state index in [0.717, 1.165) is 22.3 Å². The Morgan fingerprint density at radius 1 is 0.933 bits per heavy atom. The molecule has 4 heterocycles. The molecule has 0 aliphatic carbocycles. The fourth-order valence-corrected chi connectivity index (χ4v) is 9.73. The van der Waals surface area contributed by atoms with Gasteiger partial charge >= 0.3 is 5.97 Å². The number of benzene rings is 4. The molecular formula is C44H39ClN6O7S2. The van der Waals surface area contributed by atoms with Crippen LogP contribution in [0.2, 0.25) is 0 Å². The van der Waals surface area contributed by atoms with Gasteiger partial charge < -0.3 is 30.3 Å². The highest BCUT2D eigenvalue weighted by Crippen LogP contribution is 2.42. The third-order valence-corrected chi connectivity index (χ3v) is 12.8. The number of alkyl halides is 1. The van der Waals surface area contributed by atoms with Gasteiger partial charge in [-0.25, -0.2) is 9.78 Å². The predicted molar refractivity (Wildman–Crippen MR) is 230 cm³/mol. The largest absolute Gasteiger partial charge is 0.497 e. The van der Waals surface area contributed by atoms with E-state index in [1.54, 1.807) is 36.8 Å². The standard InChI is InChI=1S/C44H39ClN6O7S2/c1-56-32-19-17-27(18-20-32)24-57-42(55)37-28(23-45)25-59-41-36(40(54)51(37)41)48-39(53)35(50-58-34-21-22-46-38(34)52)33-26-60-43(47-33)49-44(29-11-5-2-6-12-29,30-13-7-3-8-14-30)31-15-9-4-10-16-31/h2-20,26,34,36,41H,21-25H2,1H3,(H,46,52)(H,47,49)(H,48,53)/b50-35-/t34-,36+,41+/m0/s1. The van der Waals surface area contributed by atoms with Crippen LogP contribution in [-0.4, -0.2) is 82.1 Å². The smallest absolute Gasteiger partial charge is 0.355 e. The highest BCUT2D eigenvalue weighted by atomic mass is 35.5. The average molecular weight is 863 g/mol. The SMILES string of the molecule is COc1ccc(COC(=O)C2=C(CCl)CS[C@@H]3[C@H](NC(=O)/C(=N\O[C@H]4CCNC4=O)c4csc(NC(c5ccccc5)(c5ccccc5)c5ccccc5)n4)C(=O)N23)cc1. The van der Waals surface area contributed by atoms with Crippen LogP contribution >= 0.6 is 34.7 Å². The van der Waals surface area contributed by atoms with Crippen molar-refractivity contribution in [2.45, 2.75) is 36.1 Å². The van der Waals surface area contributed by atoms with E-state index in [9.17, 15) is 19.2 Å². The minimum Gasteiger partial charge on any atom is -0.497 e. The van der Waals surface area contributed by atoms with E-state index in [2.05, 4.69) is 21.1 Å². The quantitative estimate of drug-likeness (QED) is 0.0293. The molecule has 0 saturated carbocycles. The van der Waals surface area contributed by atoms with Crippen LogP contribution in [-0.2, 0) is 40.9 Å². The molecule has 3 atom stereocenters. The zero-order valence-corrected chi connectivity index (χ0v) is 34.6. The molecule has 5 aromatic rings. The van der Waals surface area contributed by atoms with Crippen molar-refractivity contribution in [1.82, 2.24) is 20.5 Å². The number of esters is 1. The number of thiazole rings is 1. The number of hydrogen-bond acceptors (Lipinski definition) is 12. The molecular weight excluding hydrogens is 824 g/mol. The molecule has 0 unspecified atom stereocenters. The highest BCUT2D eigenvalue weighted by molar-refractivity contribution is 8.00. The number of hydrogen-bond donors (Lipinski definition) is 3. The Balaban J connectivity index is 1.06. The Bertz CT molecular complexity index is 2340. The van der Waals surface area contributed by atoms with Gasteiger partial charge in [-0.3, -0.25) is 19.3 Å². The normalized spacial score (nSPS) is 18.9. The fourth-order valence-electron chi connectivity index (χ4n) is 7.30. The first-order valence-corrected chi connectivity index (χ1v) is 21.5. The van der Waals surface area contributed by atoms with Crippen LogP contribution in [0.25, 0.3) is 0 Å². The maximum atomic E-state index is 14.3. The molecule has 3 aliphatic heterocycles. The number of oxime groups is 1. The molecule has 2 fully saturated rings. The number of nitrogens with one attached hydrogen (secondary N) is 3. The zero-order chi connectivity index (χ0) is 41.6. The number of anilines is 1. The Hall–Kier alpha value is -6.16. The second-order valence-corrected chi connectivity index (χ2v) is 16.2. The molecule has 3 amide bonds. The molecule has 60 heavy (non-hydrogen) atoms. The number of amides is 3. The van der Waals surface area contributed by atoms with Crippen LogP contribution in [0.5, 0.6) is 5.75 Å². The third kappa shape index (κ3) is 8.07. The Labute approximate surface area is 359 Å². The number of thioether (sulfide) groups is 1. The number of fused-ring (bicyclic) bond motifs is 1. The maximum absolute atomic E-state index is 14.3. The summed E-state index contributed by atoms with van der Waals surface area (Å²) in [6, 6.07) is 36.0. The Morgan fingerprint density at radius 3 is 2.13 bits per heavy atom. The minimum absolute atomic E-state index is 0.0106. The van der Waals surface area contributed by atoms with Crippen molar-refractivity contribution in [2.24, 2.45) is 5.16 Å². The summed E-state index contributed by atoms with van der Waals surface area (Å²) in [6.07, 6.45) is -0.554. The van der Waals surface area contributed by atoms with Gasteiger partial charge in [0.05, 0.1) is 7.11 Å². The van der Waals surface area contributed by atoms with E-state index in [4.69, 9.17) is 30.9 Å². The molecule has 8 rings (SSSR count). The number of halogens is 1. The molecule has 3 aliphatic rings. The summed E-state index contributed by atoms with van der Waals surface area (Å²) in [5, 5.41) is 14.9. The summed E-state index contributed by atoms with van der Waals surface area (Å²) in [5.41, 5.74) is 3.23. The fraction of sp³-hybridized carbons (Fsp3) is 0.227. The Kier molecular flexibility index (Phi) is 12.2. The number of carbonyl (C=O) groups excluding carboxylic acids is 4. The molecule has 0 bridgehead atoms. The molecule has 16 heteroatoms. The van der Waals surface area contributed by atoms with E-state index >= 15 is 0 Å². The van der Waals surface area contributed by atoms with Gasteiger partial charge in [0.1, 0.15) is 40.7 Å². The van der Waals surface area contributed by atoms with Crippen molar-refractivity contribution in [2.75, 3.05) is 30.6 Å². The van der Waals surface area contributed by atoms with Crippen molar-refractivity contribution in [1.29, 1.82) is 0 Å². The van der Waals surface area contributed by atoms with Crippen molar-refractivity contribution < 1.29 is 33.5 Å². The Morgan fingerprint density at radius 2 is 1.57 bits per heavy atom. The molecule has 306 valence electrons. The third-order valence-electron chi connectivity index (χ3n) is 10.4. The van der Waals surface area contributed by atoms with Gasteiger partial charge in [0.2, 0.25) is 6.10 Å². The van der Waals surface area contributed by atoms with Crippen molar-refractivity contribution in [3.05, 3.63) is 160 Å². The summed E-state index contributed by atoms with van der Waals surface area (Å²) in [7, 11) is 1.56. The van der Waals surface area contributed by atoms with Gasteiger partial charge in [0.25, 0.3) is 17.7 Å². The van der Waals surface area contributed by atoms with Gasteiger partial charge in [-0.15, -0.1) is 34.7 Å². The van der Waals surface area contributed by atoms with Crippen molar-refractivity contribution >= 4 is 69.2 Å². The van der Waals surface area contributed by atoms with Gasteiger partial charge in [-0.1, -0.05) is 108 Å². The summed E-state index contributed by atoms with van der Waals surface area (Å²) in [6.45, 7) is 0.369. The first-order chi connectivity index (χ1) is 29.3. The van der Waals surface area contributed by atoms with Crippen LogP contribution < -0.4 is 20.7 Å². The van der Waals surface area contributed by atoms with Crippen LogP contribution in [0.4, 0.5) is 5.13 Å². The lowest BCUT2D eigenvalue weighted by molar-refractivity contribution is -0.153. The van der Waals surface area contributed by atoms with Crippen molar-refractivity contribution in [3.63, 3.8) is 0 Å². The highest BCUT2D eigenvalue weighted by Gasteiger charge is 2.54. The lowest BCUT2D eigenvalue weighted by Gasteiger charge is -2.49. The maximum Gasteiger partial charge on any atom is 0.355 e. The topological polar surface area (TPSA) is 161 Å². The van der Waals surface area contributed by atoms with Crippen LogP contribution in [0.1, 0.15) is 34.4 Å². The van der Waals surface area contributed by atoms with Crippen LogP contribution in [0.15, 0.2) is 137 Å². The molecule has 13 nitrogen and oxygen atoms in total. The lowest BCUT2D eigenvalue weighted by atomic mass is 9.77. The number of aromatic nitrogens is 1. The van der Waals surface area contributed by atoms with E-state index in [-0.39, 0.29) is 35.5 Å². The number of methoxy groups -OCH3 is 1. The van der Waals surface area contributed by atoms with Gasteiger partial charge in [-0.2, -0.15) is 0 Å². The molecule has 4 aromatic carbocycles. The minimum atomic E-state index is -1.03. The molecule has 1 aromatic heterocycles. The van der Waals surface area contributed by atoms with E-state index < -0.39 is 40.8 Å². The summed E-state index contributed by atoms with van der Waals surface area (Å²) in [5.74, 6) is -1.31. The summed E-state index contributed by atoms with van der Waals surface area (Å²) in [4.78, 5) is 65.9. The number of nitrogens with zero attached hydrogens (tertiary/aromatic N) is 3. The summed E-state index contributed by atoms with van der Waals surface area (Å²) < 4.78 is 10.8. The van der Waals surface area contributed by atoms with E-state index in [1.807, 2.05) is 91.0 Å². The van der Waals surface area contributed by atoms with E-state index in [1.165, 1.54) is 28.0 Å².